The Morgan fingerprint density at radius 2 is 0.896 bits per heavy atom. The van der Waals surface area contributed by atoms with Crippen molar-refractivity contribution in [2.75, 3.05) is 91.8 Å². The number of aromatic amines is 4. The minimum absolute atomic E-state index is 0. The third-order valence-corrected chi connectivity index (χ3v) is 20.0. The number of halogens is 14. The number of carboxylic acids is 1. The van der Waals surface area contributed by atoms with Crippen molar-refractivity contribution in [1.29, 1.82) is 0 Å². The van der Waals surface area contributed by atoms with Crippen molar-refractivity contribution in [3.8, 4) is 0 Å². The van der Waals surface area contributed by atoms with Crippen molar-refractivity contribution in [2.24, 2.45) is 0 Å². The maximum atomic E-state index is 12.8. The van der Waals surface area contributed by atoms with Gasteiger partial charge in [0.1, 0.15) is 0 Å². The Hall–Kier alpha value is -6.02. The van der Waals surface area contributed by atoms with Gasteiger partial charge in [-0.2, -0.15) is 48.0 Å². The molecule has 4 aromatic heterocycles. The standard InChI is InChI=1S/C20H22Cl2N4O2.C12H11Cl2NO2.C10H7Cl2NO2.C10H17N3O.C8H5Cl2N.C4H6N2O2.2CHF3O3S.2CH4.Cu.Li.H2O.V/c1-2-19(27)26-11-14(12-26)24-3-5-25(6-4-24)20(28)7-13-10-23-18-9-17(22)16(21)8-15(13)18;1-2-17-12(16)3-7-6-15-11-5-10(14)9(13)4-8(7)11;11-7-2-6-5(1-10(14)15)4-13-9(6)3-8(7)12;1-2-10(14)13-7-9(8-13)12-5-3-11-4-6-12;9-6-3-5-1-2-11-8(5)4-7(6)10;1-2-8-4(7)3-6-5;2*2-1(3,4)8(5,6)7;;;;;;/h2,8-10,14,23H,1,3-7,11-12H2;4-6,15H,2-3H2,1H3;2-4,13H,1H2,(H,14,15);2,9,11H,1,3-8H2;1-4,11H;3H,2H2,1H3;2*(H,5,6,7);2*1H4;;;1H2;/q;;;;;;;;;;;+1;;/p-1. The molecule has 0 saturated carbocycles. The van der Waals surface area contributed by atoms with Crippen LogP contribution in [0.4, 0.5) is 26.3 Å². The first kappa shape index (κ1) is 111. The fraction of sp³-hybridized carbons (Fsp3) is 0.368. The van der Waals surface area contributed by atoms with Crippen LogP contribution in [0, 0.1) is 0 Å². The number of carboxylic acid groups (broad SMARTS) is 1. The number of nitrogens with one attached hydrogen (secondary N) is 5. The summed E-state index contributed by atoms with van der Waals surface area (Å²) in [5.41, 5.74) is 2.70. The van der Waals surface area contributed by atoms with Crippen LogP contribution in [0.1, 0.15) is 45.4 Å². The molecule has 115 heavy (non-hydrogen) atoms. The molecule has 8 heterocycles. The average Bonchev–Trinajstić information content (AvgIpc) is 1.49. The van der Waals surface area contributed by atoms with Gasteiger partial charge in [0.05, 0.1) is 72.7 Å². The largest absolute Gasteiger partial charge is 1.00 e. The summed E-state index contributed by atoms with van der Waals surface area (Å²) in [6, 6.07) is 17.0. The molecule has 0 aliphatic carbocycles. The summed E-state index contributed by atoms with van der Waals surface area (Å²) in [6.07, 6.45) is 11.1. The monoisotopic (exact) mass is 1900 g/mol. The van der Waals surface area contributed by atoms with E-state index in [2.05, 4.69) is 57.7 Å². The molecule has 47 heteroatoms. The number of carbonyl (C=O) groups is 6. The van der Waals surface area contributed by atoms with Gasteiger partial charge in [-0.15, -0.1) is 0 Å². The summed E-state index contributed by atoms with van der Waals surface area (Å²) in [7, 11) is -11.7. The molecular weight excluding hydrogens is 1820 g/mol. The van der Waals surface area contributed by atoms with E-state index in [1.165, 1.54) is 12.2 Å². The molecule has 2 radical (unpaired) electrons. The Morgan fingerprint density at radius 3 is 1.24 bits per heavy atom. The minimum Gasteiger partial charge on any atom is -0.870 e. The summed E-state index contributed by atoms with van der Waals surface area (Å²) < 4.78 is 124. The van der Waals surface area contributed by atoms with E-state index in [-0.39, 0.29) is 111 Å². The van der Waals surface area contributed by atoms with Crippen molar-refractivity contribution < 1.29 is 160 Å². The Kier molecular flexibility index (Phi) is 49.7. The summed E-state index contributed by atoms with van der Waals surface area (Å²) >= 11 is 47.3. The van der Waals surface area contributed by atoms with Gasteiger partial charge in [0, 0.05) is 195 Å². The van der Waals surface area contributed by atoms with Crippen LogP contribution in [0.2, 0.25) is 40.2 Å². The number of rotatable bonds is 13. The molecule has 28 nitrogen and oxygen atoms in total. The molecule has 4 saturated heterocycles. The topological polar surface area (TPSA) is 408 Å². The number of H-pyrrole nitrogens is 4. The number of aromatic nitrogens is 4. The van der Waals surface area contributed by atoms with Crippen LogP contribution in [0.5, 0.6) is 0 Å². The van der Waals surface area contributed by atoms with E-state index in [9.17, 15) is 55.1 Å². The van der Waals surface area contributed by atoms with Gasteiger partial charge in [0.2, 0.25) is 17.7 Å². The van der Waals surface area contributed by atoms with Crippen molar-refractivity contribution in [2.45, 2.75) is 71.1 Å². The Morgan fingerprint density at radius 1 is 0.557 bits per heavy atom. The third-order valence-electron chi connectivity index (χ3n) is 15.9. The number of benzene rings is 4. The van der Waals surface area contributed by atoms with E-state index in [0.717, 1.165) is 120 Å². The number of fused-ring (bicyclic) bond motifs is 4. The number of aliphatic carboxylic acids is 1. The molecular formula is C68H79Cl8CuF6LiN12O16S2V. The number of carbonyl (C=O) groups excluding carboxylic acids is 5. The molecule has 3 amide bonds. The summed E-state index contributed by atoms with van der Waals surface area (Å²) in [5, 5.41) is 19.7. The van der Waals surface area contributed by atoms with Gasteiger partial charge < -0.3 is 65.5 Å². The van der Waals surface area contributed by atoms with Gasteiger partial charge in [0.25, 0.3) is 0 Å². The van der Waals surface area contributed by atoms with Gasteiger partial charge in [-0.1, -0.05) is 121 Å². The Balaban J connectivity index is 0. The smallest absolute Gasteiger partial charge is 0.870 e. The zero-order valence-electron chi connectivity index (χ0n) is 59.5. The van der Waals surface area contributed by atoms with Crippen molar-refractivity contribution in [3.63, 3.8) is 0 Å². The van der Waals surface area contributed by atoms with Gasteiger partial charge in [-0.25, -0.2) is 4.79 Å². The maximum Gasteiger partial charge on any atom is 1.00 e. The van der Waals surface area contributed by atoms with Crippen LogP contribution in [0.15, 0.2) is 105 Å². The SMILES string of the molecule is C.C.C=CC(=O)N1CC(N2CCN(C(=O)Cc3c[nH]c4cc(Cl)c(Cl)cc34)CC2)C1.C=CC(=O)N1CC(N2CCNCC2)C1.CCOC(=O)C=[N+]=[N-].CCOC(=O)Cc1c[nH]c2cc(Cl)c(Cl)cc12.Clc1cc2cc[nH]c2cc1Cl.O=C(O)Cc1c[nH]c2cc(Cl)c(Cl)cc12.O=S(=O)(O)C(F)(F)F.O=S(=O)(O)C(F)(F)F.[Cu].[Li+].[OH-].[V]. The molecule has 0 bridgehead atoms. The average molecular weight is 1900 g/mol. The van der Waals surface area contributed by atoms with Gasteiger partial charge in [-0.3, -0.25) is 42.9 Å². The summed E-state index contributed by atoms with van der Waals surface area (Å²) in [4.78, 5) is 92.7. The molecule has 12 rings (SSSR count). The van der Waals surface area contributed by atoms with E-state index in [0.29, 0.717) is 96.8 Å². The van der Waals surface area contributed by atoms with Crippen molar-refractivity contribution in [1.82, 2.24) is 49.8 Å². The second kappa shape index (κ2) is 51.5. The first-order valence-corrected chi connectivity index (χ1v) is 37.8. The number of esters is 2. The molecule has 9 N–H and O–H groups in total. The zero-order valence-corrected chi connectivity index (χ0v) is 69.5. The molecule has 4 fully saturated rings. The van der Waals surface area contributed by atoms with Crippen molar-refractivity contribution >= 4 is 198 Å². The Bertz CT molecular complexity index is 4780. The van der Waals surface area contributed by atoms with Gasteiger partial charge in [-0.05, 0) is 97.3 Å². The molecule has 634 valence electrons. The van der Waals surface area contributed by atoms with E-state index < -0.39 is 43.2 Å². The fourth-order valence-electron chi connectivity index (χ4n) is 10.4. The second-order valence-electron chi connectivity index (χ2n) is 23.2. The van der Waals surface area contributed by atoms with Gasteiger partial charge in [0.15, 0.2) is 0 Å². The predicted molar refractivity (Wildman–Crippen MR) is 419 cm³/mol. The molecule has 0 unspecified atom stereocenters. The summed E-state index contributed by atoms with van der Waals surface area (Å²) in [6.45, 7) is 21.9. The van der Waals surface area contributed by atoms with E-state index in [1.54, 1.807) is 61.5 Å². The molecule has 4 aliphatic rings. The quantitative estimate of drug-likeness (QED) is 0.00612. The van der Waals surface area contributed by atoms with Gasteiger partial charge >= 0.3 is 74.2 Å². The van der Waals surface area contributed by atoms with Crippen LogP contribution in [0.25, 0.3) is 49.1 Å². The number of likely N-dealkylation sites (tertiary alicyclic amines) is 2. The molecule has 0 spiro atoms. The molecule has 0 atom stereocenters. The molecule has 8 aromatic rings. The first-order chi connectivity index (χ1) is 51.0. The number of piperazine rings is 2. The van der Waals surface area contributed by atoms with Crippen molar-refractivity contribution in [3.05, 3.63) is 167 Å². The number of hydrogen-bond acceptors (Lipinski definition) is 16. The maximum absolute atomic E-state index is 12.8. The summed E-state index contributed by atoms with van der Waals surface area (Å²) in [5.74, 6) is -1.58. The van der Waals surface area contributed by atoms with Crippen LogP contribution in [-0.4, -0.2) is 242 Å². The number of hydrogen-bond donors (Lipinski definition) is 8. The molecule has 4 aromatic carbocycles. The zero-order chi connectivity index (χ0) is 81.5. The Labute approximate surface area is 732 Å². The normalized spacial score (nSPS) is 13.9. The number of nitrogens with zero attached hydrogens (tertiary/aromatic N) is 7. The van der Waals surface area contributed by atoms with Crippen LogP contribution in [0.3, 0.4) is 0 Å². The number of ether oxygens (including phenoxy) is 2. The van der Waals surface area contributed by atoms with Crippen LogP contribution in [-0.2, 0) is 113 Å². The first-order valence-electron chi connectivity index (χ1n) is 31.9. The van der Waals surface area contributed by atoms with E-state index in [1.807, 2.05) is 46.5 Å². The third kappa shape index (κ3) is 34.3. The predicted octanol–water partition coefficient (Wildman–Crippen LogP) is 10.7. The van der Waals surface area contributed by atoms with E-state index >= 15 is 0 Å². The van der Waals surface area contributed by atoms with E-state index in [4.69, 9.17) is 134 Å². The number of amides is 3. The molecule has 4 aliphatic heterocycles. The van der Waals surface area contributed by atoms with Crippen LogP contribution >= 0.6 is 92.8 Å². The minimum atomic E-state index is -5.84. The fourth-order valence-corrected chi connectivity index (χ4v) is 11.7. The number of alkyl halides is 6. The van der Waals surface area contributed by atoms with Crippen LogP contribution < -0.4 is 24.2 Å². The second-order valence-corrected chi connectivity index (χ2v) is 29.3.